The van der Waals surface area contributed by atoms with E-state index in [0.717, 1.165) is 11.4 Å². The summed E-state index contributed by atoms with van der Waals surface area (Å²) in [7, 11) is 1.74. The van der Waals surface area contributed by atoms with Gasteiger partial charge in [-0.3, -0.25) is 14.8 Å². The number of carbonyl (C=O) groups excluding carboxylic acids is 2. The number of nitrogens with one attached hydrogen (secondary N) is 2. The van der Waals surface area contributed by atoms with Crippen molar-refractivity contribution in [3.63, 3.8) is 0 Å². The molecule has 3 amide bonds. The first-order valence-corrected chi connectivity index (χ1v) is 7.97. The van der Waals surface area contributed by atoms with E-state index in [9.17, 15) is 9.59 Å². The van der Waals surface area contributed by atoms with Crippen molar-refractivity contribution in [1.29, 1.82) is 0 Å². The molecule has 126 valence electrons. The third-order valence-corrected chi connectivity index (χ3v) is 4.14. The fourth-order valence-electron chi connectivity index (χ4n) is 2.73. The number of anilines is 2. The van der Waals surface area contributed by atoms with E-state index in [1.54, 1.807) is 47.0 Å². The largest absolute Gasteiger partial charge is 0.326 e. The second kappa shape index (κ2) is 6.52. The lowest BCUT2D eigenvalue weighted by Gasteiger charge is -2.17. The van der Waals surface area contributed by atoms with Crippen molar-refractivity contribution in [1.82, 2.24) is 15.1 Å². The van der Waals surface area contributed by atoms with Gasteiger partial charge in [0.25, 0.3) is 0 Å². The van der Waals surface area contributed by atoms with Crippen molar-refractivity contribution in [2.45, 2.75) is 19.4 Å². The van der Waals surface area contributed by atoms with Crippen LogP contribution in [0.5, 0.6) is 0 Å². The molecule has 2 aromatic rings. The lowest BCUT2D eigenvalue weighted by Crippen LogP contribution is -2.43. The molecule has 8 heteroatoms. The molecule has 0 bridgehead atoms. The van der Waals surface area contributed by atoms with Crippen LogP contribution in [0, 0.1) is 6.92 Å². The Morgan fingerprint density at radius 2 is 2.04 bits per heavy atom. The summed E-state index contributed by atoms with van der Waals surface area (Å²) in [5.74, 6) is 0.443. The van der Waals surface area contributed by atoms with E-state index in [1.807, 2.05) is 6.92 Å². The van der Waals surface area contributed by atoms with Crippen molar-refractivity contribution in [2.24, 2.45) is 7.05 Å². The second-order valence-electron chi connectivity index (χ2n) is 5.70. The van der Waals surface area contributed by atoms with Crippen molar-refractivity contribution in [3.8, 4) is 0 Å². The van der Waals surface area contributed by atoms with Crippen LogP contribution < -0.4 is 15.5 Å². The summed E-state index contributed by atoms with van der Waals surface area (Å²) in [5.41, 5.74) is 1.58. The van der Waals surface area contributed by atoms with Crippen LogP contribution in [0.1, 0.15) is 12.1 Å². The number of halogens is 1. The molecule has 3 rings (SSSR count). The number of rotatable bonds is 3. The minimum Gasteiger partial charge on any atom is -0.326 e. The summed E-state index contributed by atoms with van der Waals surface area (Å²) in [6, 6.07) is 7.85. The average molecular weight is 348 g/mol. The molecule has 0 aliphatic carbocycles. The van der Waals surface area contributed by atoms with Crippen molar-refractivity contribution in [3.05, 3.63) is 41.0 Å². The number of urea groups is 1. The van der Waals surface area contributed by atoms with Crippen LogP contribution in [0.4, 0.5) is 16.3 Å². The van der Waals surface area contributed by atoms with Gasteiger partial charge in [-0.15, -0.1) is 0 Å². The first-order chi connectivity index (χ1) is 11.4. The van der Waals surface area contributed by atoms with Crippen molar-refractivity contribution < 1.29 is 9.59 Å². The highest BCUT2D eigenvalue weighted by atomic mass is 35.5. The Labute approximate surface area is 144 Å². The number of amides is 3. The molecule has 1 aromatic heterocycles. The van der Waals surface area contributed by atoms with E-state index in [-0.39, 0.29) is 5.91 Å². The molecule has 1 aliphatic rings. The molecular weight excluding hydrogens is 330 g/mol. The van der Waals surface area contributed by atoms with Gasteiger partial charge in [-0.1, -0.05) is 11.6 Å². The number of benzene rings is 1. The van der Waals surface area contributed by atoms with E-state index < -0.39 is 12.1 Å². The standard InChI is InChI=1S/C16H18ClN5O2/c1-10-9-14(21(2)20-10)19-16(24)18-13-7-8-22(15(13)23)12-5-3-11(17)4-6-12/h3-6,9,13H,7-8H2,1-2H3,(H2,18,19,24)/t13-/m0/s1. The van der Waals surface area contributed by atoms with Gasteiger partial charge in [-0.2, -0.15) is 5.10 Å². The predicted molar refractivity (Wildman–Crippen MR) is 92.3 cm³/mol. The van der Waals surface area contributed by atoms with Crippen molar-refractivity contribution >= 4 is 35.0 Å². The molecule has 0 spiro atoms. The Morgan fingerprint density at radius 3 is 2.67 bits per heavy atom. The molecular formula is C16H18ClN5O2. The van der Waals surface area contributed by atoms with Gasteiger partial charge in [-0.25, -0.2) is 4.79 Å². The Balaban J connectivity index is 1.62. The van der Waals surface area contributed by atoms with Crippen molar-refractivity contribution in [2.75, 3.05) is 16.8 Å². The zero-order chi connectivity index (χ0) is 17.3. The molecule has 0 saturated carbocycles. The molecule has 7 nitrogen and oxygen atoms in total. The monoisotopic (exact) mass is 347 g/mol. The lowest BCUT2D eigenvalue weighted by molar-refractivity contribution is -0.118. The highest BCUT2D eigenvalue weighted by Crippen LogP contribution is 2.23. The zero-order valence-corrected chi connectivity index (χ0v) is 14.2. The first-order valence-electron chi connectivity index (χ1n) is 7.59. The van der Waals surface area contributed by atoms with Crippen LogP contribution in [0.15, 0.2) is 30.3 Å². The van der Waals surface area contributed by atoms with Crippen LogP contribution >= 0.6 is 11.6 Å². The molecule has 1 aliphatic heterocycles. The fourth-order valence-corrected chi connectivity index (χ4v) is 2.86. The SMILES string of the molecule is Cc1cc(NC(=O)N[C@H]2CCN(c3ccc(Cl)cc3)C2=O)n(C)n1. The minimum absolute atomic E-state index is 0.131. The summed E-state index contributed by atoms with van der Waals surface area (Å²) in [6.07, 6.45) is 0.555. The molecule has 0 radical (unpaired) electrons. The molecule has 1 saturated heterocycles. The Morgan fingerprint density at radius 1 is 1.33 bits per heavy atom. The van der Waals surface area contributed by atoms with E-state index in [0.29, 0.717) is 23.8 Å². The third-order valence-electron chi connectivity index (χ3n) is 3.89. The highest BCUT2D eigenvalue weighted by Gasteiger charge is 2.33. The number of hydrogen-bond donors (Lipinski definition) is 2. The maximum atomic E-state index is 12.5. The normalized spacial score (nSPS) is 17.2. The number of hydrogen-bond acceptors (Lipinski definition) is 3. The van der Waals surface area contributed by atoms with Crippen LogP contribution in [-0.4, -0.2) is 34.3 Å². The maximum Gasteiger partial charge on any atom is 0.321 e. The maximum absolute atomic E-state index is 12.5. The minimum atomic E-state index is -0.546. The Bertz CT molecular complexity index is 771. The van der Waals surface area contributed by atoms with Gasteiger partial charge in [0.1, 0.15) is 11.9 Å². The predicted octanol–water partition coefficient (Wildman–Crippen LogP) is 2.31. The van der Waals surface area contributed by atoms with E-state index in [1.165, 1.54) is 0 Å². The lowest BCUT2D eigenvalue weighted by atomic mass is 10.2. The number of carbonyl (C=O) groups is 2. The molecule has 0 unspecified atom stereocenters. The Kier molecular flexibility index (Phi) is 4.44. The topological polar surface area (TPSA) is 79.3 Å². The van der Waals surface area contributed by atoms with Gasteiger partial charge in [0.15, 0.2) is 0 Å². The molecule has 2 N–H and O–H groups in total. The van der Waals surface area contributed by atoms with Gasteiger partial charge in [0, 0.05) is 30.4 Å². The van der Waals surface area contributed by atoms with Gasteiger partial charge in [0.2, 0.25) is 5.91 Å². The summed E-state index contributed by atoms with van der Waals surface area (Å²) in [4.78, 5) is 26.2. The van der Waals surface area contributed by atoms with E-state index in [4.69, 9.17) is 11.6 Å². The first kappa shape index (κ1) is 16.3. The summed E-state index contributed by atoms with van der Waals surface area (Å²) in [6.45, 7) is 2.39. The van der Waals surface area contributed by atoms with E-state index in [2.05, 4.69) is 15.7 Å². The van der Waals surface area contributed by atoms with E-state index >= 15 is 0 Å². The third kappa shape index (κ3) is 3.35. The average Bonchev–Trinajstić information content (AvgIpc) is 3.03. The van der Waals surface area contributed by atoms with Crippen LogP contribution in [0.3, 0.4) is 0 Å². The smallest absolute Gasteiger partial charge is 0.321 e. The highest BCUT2D eigenvalue weighted by molar-refractivity contribution is 6.30. The zero-order valence-electron chi connectivity index (χ0n) is 13.4. The number of aryl methyl sites for hydroxylation is 2. The molecule has 2 heterocycles. The van der Waals surface area contributed by atoms with Crippen LogP contribution in [0.25, 0.3) is 0 Å². The summed E-state index contributed by atoms with van der Waals surface area (Å²) >= 11 is 5.87. The summed E-state index contributed by atoms with van der Waals surface area (Å²) in [5, 5.41) is 10.2. The molecule has 1 aromatic carbocycles. The van der Waals surface area contributed by atoms with Crippen LogP contribution in [-0.2, 0) is 11.8 Å². The molecule has 1 atom stereocenters. The quantitative estimate of drug-likeness (QED) is 0.894. The van der Waals surface area contributed by atoms with Gasteiger partial charge in [-0.05, 0) is 37.6 Å². The second-order valence-corrected chi connectivity index (χ2v) is 6.14. The van der Waals surface area contributed by atoms with Gasteiger partial charge in [0.05, 0.1) is 5.69 Å². The van der Waals surface area contributed by atoms with Gasteiger partial charge < -0.3 is 10.2 Å². The number of aromatic nitrogens is 2. The fraction of sp³-hybridized carbons (Fsp3) is 0.312. The molecule has 24 heavy (non-hydrogen) atoms. The van der Waals surface area contributed by atoms with Gasteiger partial charge >= 0.3 is 6.03 Å². The number of nitrogens with zero attached hydrogens (tertiary/aromatic N) is 3. The Hall–Kier alpha value is -2.54. The molecule has 1 fully saturated rings. The van der Waals surface area contributed by atoms with Crippen LogP contribution in [0.2, 0.25) is 5.02 Å². The summed E-state index contributed by atoms with van der Waals surface area (Å²) < 4.78 is 1.57.